The molecule has 3 rings (SSSR count). The van der Waals surface area contributed by atoms with Crippen LogP contribution in [0.25, 0.3) is 0 Å². The van der Waals surface area contributed by atoms with Gasteiger partial charge in [-0.05, 0) is 44.4 Å². The fourth-order valence-electron chi connectivity index (χ4n) is 3.45. The van der Waals surface area contributed by atoms with Gasteiger partial charge < -0.3 is 10.1 Å². The zero-order valence-electron chi connectivity index (χ0n) is 13.8. The van der Waals surface area contributed by atoms with Crippen LogP contribution in [0.2, 0.25) is 5.02 Å². The summed E-state index contributed by atoms with van der Waals surface area (Å²) in [5.74, 6) is -0.685. The van der Waals surface area contributed by atoms with E-state index in [-0.39, 0.29) is 11.8 Å². The largest absolute Gasteiger partial charge is 0.463 e. The van der Waals surface area contributed by atoms with Gasteiger partial charge in [0.05, 0.1) is 12.2 Å². The number of dihydropyridines is 1. The lowest BCUT2D eigenvalue weighted by molar-refractivity contribution is -0.138. The van der Waals surface area contributed by atoms with Crippen molar-refractivity contribution in [3.63, 3.8) is 0 Å². The SMILES string of the molecule is CCOC(=O)C1=C(C)NC2=C(C(=O)CCC2)[C@@H]1c1ccc(Cl)cc1. The van der Waals surface area contributed by atoms with Gasteiger partial charge in [-0.2, -0.15) is 0 Å². The topological polar surface area (TPSA) is 55.4 Å². The third-order valence-corrected chi connectivity index (χ3v) is 4.73. The van der Waals surface area contributed by atoms with Crippen LogP contribution in [0.15, 0.2) is 46.8 Å². The summed E-state index contributed by atoms with van der Waals surface area (Å²) in [6.45, 7) is 3.93. The minimum atomic E-state index is -0.398. The highest BCUT2D eigenvalue weighted by molar-refractivity contribution is 6.30. The van der Waals surface area contributed by atoms with E-state index in [1.165, 1.54) is 0 Å². The van der Waals surface area contributed by atoms with E-state index < -0.39 is 5.92 Å². The number of esters is 1. The minimum Gasteiger partial charge on any atom is -0.463 e. The summed E-state index contributed by atoms with van der Waals surface area (Å²) in [5.41, 5.74) is 3.76. The monoisotopic (exact) mass is 345 g/mol. The second-order valence-electron chi connectivity index (χ2n) is 6.04. The third kappa shape index (κ3) is 2.98. The number of hydrogen-bond donors (Lipinski definition) is 1. The molecule has 1 aromatic rings. The number of halogens is 1. The fraction of sp³-hybridized carbons (Fsp3) is 0.368. The number of carbonyl (C=O) groups excluding carboxylic acids is 2. The van der Waals surface area contributed by atoms with Crippen molar-refractivity contribution in [3.8, 4) is 0 Å². The maximum Gasteiger partial charge on any atom is 0.336 e. The second kappa shape index (κ2) is 6.81. The summed E-state index contributed by atoms with van der Waals surface area (Å²) in [4.78, 5) is 25.2. The molecule has 1 atom stereocenters. The second-order valence-corrected chi connectivity index (χ2v) is 6.47. The predicted molar refractivity (Wildman–Crippen MR) is 92.5 cm³/mol. The van der Waals surface area contributed by atoms with Gasteiger partial charge in [-0.3, -0.25) is 4.79 Å². The molecule has 0 spiro atoms. The number of nitrogens with one attached hydrogen (secondary N) is 1. The van der Waals surface area contributed by atoms with Gasteiger partial charge >= 0.3 is 5.97 Å². The van der Waals surface area contributed by atoms with E-state index in [1.54, 1.807) is 19.1 Å². The lowest BCUT2D eigenvalue weighted by Crippen LogP contribution is -2.34. The molecule has 0 unspecified atom stereocenters. The molecule has 0 fully saturated rings. The zero-order chi connectivity index (χ0) is 17.3. The van der Waals surface area contributed by atoms with E-state index in [0.717, 1.165) is 29.8 Å². The normalized spacial score (nSPS) is 20.6. The maximum absolute atomic E-state index is 12.6. The highest BCUT2D eigenvalue weighted by Crippen LogP contribution is 2.42. The van der Waals surface area contributed by atoms with Gasteiger partial charge in [-0.15, -0.1) is 0 Å². The Bertz CT molecular complexity index is 746. The standard InChI is InChI=1S/C19H20ClNO3/c1-3-24-19(23)16-11(2)21-14-5-4-6-15(22)18(14)17(16)12-7-9-13(20)10-8-12/h7-10,17,21H,3-6H2,1-2H3/t17-/m1/s1. The molecule has 1 aliphatic heterocycles. The Morgan fingerprint density at radius 1 is 1.29 bits per heavy atom. The Kier molecular flexibility index (Phi) is 4.76. The van der Waals surface area contributed by atoms with Crippen LogP contribution in [0.4, 0.5) is 0 Å². The average Bonchev–Trinajstić information content (AvgIpc) is 2.55. The molecule has 0 saturated heterocycles. The van der Waals surface area contributed by atoms with Crippen LogP contribution >= 0.6 is 11.6 Å². The third-order valence-electron chi connectivity index (χ3n) is 4.47. The molecule has 1 aliphatic carbocycles. The van der Waals surface area contributed by atoms with Crippen LogP contribution in [-0.4, -0.2) is 18.4 Å². The van der Waals surface area contributed by atoms with Crippen molar-refractivity contribution in [1.29, 1.82) is 0 Å². The quantitative estimate of drug-likeness (QED) is 0.845. The molecule has 0 aromatic heterocycles. The van der Waals surface area contributed by atoms with E-state index in [4.69, 9.17) is 16.3 Å². The molecule has 2 aliphatic rings. The van der Waals surface area contributed by atoms with Crippen LogP contribution < -0.4 is 5.32 Å². The van der Waals surface area contributed by atoms with Crippen molar-refractivity contribution < 1.29 is 14.3 Å². The molecule has 1 heterocycles. The molecule has 4 nitrogen and oxygen atoms in total. The number of ether oxygens (including phenoxy) is 1. The van der Waals surface area contributed by atoms with Gasteiger partial charge in [-0.25, -0.2) is 4.79 Å². The lowest BCUT2D eigenvalue weighted by Gasteiger charge is -2.34. The Morgan fingerprint density at radius 3 is 2.67 bits per heavy atom. The van der Waals surface area contributed by atoms with Crippen molar-refractivity contribution in [2.24, 2.45) is 0 Å². The number of rotatable bonds is 3. The lowest BCUT2D eigenvalue weighted by atomic mass is 9.75. The fourth-order valence-corrected chi connectivity index (χ4v) is 3.58. The van der Waals surface area contributed by atoms with Gasteiger partial charge in [0.1, 0.15) is 0 Å². The summed E-state index contributed by atoms with van der Waals surface area (Å²) in [6.07, 6.45) is 2.17. The predicted octanol–water partition coefficient (Wildman–Crippen LogP) is 3.87. The molecule has 0 bridgehead atoms. The molecule has 1 aromatic carbocycles. The molecular weight excluding hydrogens is 326 g/mol. The van der Waals surface area contributed by atoms with Gasteiger partial charge in [0, 0.05) is 34.3 Å². The highest BCUT2D eigenvalue weighted by atomic mass is 35.5. The van der Waals surface area contributed by atoms with E-state index in [9.17, 15) is 9.59 Å². The molecule has 24 heavy (non-hydrogen) atoms. The number of benzene rings is 1. The first-order valence-corrected chi connectivity index (χ1v) is 8.57. The zero-order valence-corrected chi connectivity index (χ0v) is 14.6. The van der Waals surface area contributed by atoms with E-state index in [0.29, 0.717) is 29.2 Å². The van der Waals surface area contributed by atoms with Crippen LogP contribution in [0.3, 0.4) is 0 Å². The van der Waals surface area contributed by atoms with Crippen molar-refractivity contribution >= 4 is 23.4 Å². The number of hydrogen-bond acceptors (Lipinski definition) is 4. The first-order valence-electron chi connectivity index (χ1n) is 8.19. The van der Waals surface area contributed by atoms with Crippen molar-refractivity contribution in [2.45, 2.75) is 39.0 Å². The smallest absolute Gasteiger partial charge is 0.336 e. The van der Waals surface area contributed by atoms with Crippen LogP contribution in [0.1, 0.15) is 44.6 Å². The highest BCUT2D eigenvalue weighted by Gasteiger charge is 2.38. The first-order chi connectivity index (χ1) is 11.5. The van der Waals surface area contributed by atoms with Crippen LogP contribution in [0.5, 0.6) is 0 Å². The maximum atomic E-state index is 12.6. The number of Topliss-reactive ketones (excluding diaryl/α,β-unsaturated/α-hetero) is 1. The number of ketones is 1. The molecule has 0 radical (unpaired) electrons. The summed E-state index contributed by atoms with van der Waals surface area (Å²) >= 11 is 6.00. The summed E-state index contributed by atoms with van der Waals surface area (Å²) in [6, 6.07) is 7.31. The Hall–Kier alpha value is -2.07. The van der Waals surface area contributed by atoms with E-state index in [1.807, 2.05) is 19.1 Å². The Balaban J connectivity index is 2.15. The van der Waals surface area contributed by atoms with E-state index >= 15 is 0 Å². The summed E-state index contributed by atoms with van der Waals surface area (Å²) in [7, 11) is 0. The number of allylic oxidation sites excluding steroid dienone is 3. The van der Waals surface area contributed by atoms with Crippen molar-refractivity contribution in [2.75, 3.05) is 6.61 Å². The molecule has 1 N–H and O–H groups in total. The summed E-state index contributed by atoms with van der Waals surface area (Å²) < 4.78 is 5.25. The molecular formula is C19H20ClNO3. The van der Waals surface area contributed by atoms with Gasteiger partial charge in [-0.1, -0.05) is 23.7 Å². The van der Waals surface area contributed by atoms with Gasteiger partial charge in [0.25, 0.3) is 0 Å². The van der Waals surface area contributed by atoms with E-state index in [2.05, 4.69) is 5.32 Å². The summed E-state index contributed by atoms with van der Waals surface area (Å²) in [5, 5.41) is 3.88. The van der Waals surface area contributed by atoms with Crippen molar-refractivity contribution in [3.05, 3.63) is 57.4 Å². The van der Waals surface area contributed by atoms with Crippen molar-refractivity contribution in [1.82, 2.24) is 5.32 Å². The Morgan fingerprint density at radius 2 is 2.00 bits per heavy atom. The minimum absolute atomic E-state index is 0.0954. The Labute approximate surface area is 146 Å². The molecule has 0 saturated carbocycles. The molecule has 5 heteroatoms. The van der Waals surface area contributed by atoms with Gasteiger partial charge in [0.15, 0.2) is 5.78 Å². The van der Waals surface area contributed by atoms with Gasteiger partial charge in [0.2, 0.25) is 0 Å². The van der Waals surface area contributed by atoms with Crippen LogP contribution in [-0.2, 0) is 14.3 Å². The molecule has 0 amide bonds. The average molecular weight is 346 g/mol. The number of carbonyl (C=O) groups is 2. The molecule has 126 valence electrons. The van der Waals surface area contributed by atoms with Crippen LogP contribution in [0, 0.1) is 0 Å². The first kappa shape index (κ1) is 16.8.